The molecule has 0 aromatic heterocycles. The van der Waals surface area contributed by atoms with Crippen LogP contribution in [-0.2, 0) is 6.54 Å². The molecule has 1 aliphatic rings. The van der Waals surface area contributed by atoms with Gasteiger partial charge in [-0.1, -0.05) is 0 Å². The lowest BCUT2D eigenvalue weighted by Crippen LogP contribution is -2.31. The van der Waals surface area contributed by atoms with Crippen molar-refractivity contribution in [2.24, 2.45) is 5.11 Å². The van der Waals surface area contributed by atoms with Crippen molar-refractivity contribution in [3.8, 4) is 11.5 Å². The molecule has 128 valence electrons. The van der Waals surface area contributed by atoms with Gasteiger partial charge in [0, 0.05) is 34.6 Å². The lowest BCUT2D eigenvalue weighted by atomic mass is 10.1. The van der Waals surface area contributed by atoms with Crippen molar-refractivity contribution < 1.29 is 19.4 Å². The van der Waals surface area contributed by atoms with Gasteiger partial charge in [-0.3, -0.25) is 4.79 Å². The van der Waals surface area contributed by atoms with Crippen LogP contribution in [-0.4, -0.2) is 46.8 Å². The van der Waals surface area contributed by atoms with E-state index in [1.807, 2.05) is 18.2 Å². The molecule has 1 aliphatic heterocycles. The summed E-state index contributed by atoms with van der Waals surface area (Å²) < 4.78 is 5.28. The van der Waals surface area contributed by atoms with Crippen LogP contribution in [0.2, 0.25) is 0 Å². The number of phenols is 1. The molecule has 0 saturated heterocycles. The van der Waals surface area contributed by atoms with E-state index in [-0.39, 0.29) is 17.2 Å². The Labute approximate surface area is 149 Å². The van der Waals surface area contributed by atoms with Crippen molar-refractivity contribution >= 4 is 30.1 Å². The number of amides is 1. The molecule has 0 unspecified atom stereocenters. The van der Waals surface area contributed by atoms with E-state index in [0.29, 0.717) is 18.8 Å². The molecule has 1 amide bonds. The van der Waals surface area contributed by atoms with Crippen LogP contribution in [0.1, 0.15) is 15.9 Å². The van der Waals surface area contributed by atoms with E-state index in [4.69, 9.17) is 4.74 Å². The monoisotopic (exact) mass is 356 g/mol. The standard InChI is InChI=1S/C18H17N3O3S/c1-19-20-13-3-5-15(16(22)10-13)18(23)21-7-8-25-17-6-4-14(24-2)9-12(17)11-21/h3-6,9-10H,1,7-8,11H2,2H3/p+1. The van der Waals surface area contributed by atoms with Gasteiger partial charge < -0.3 is 14.7 Å². The Morgan fingerprint density at radius 1 is 1.36 bits per heavy atom. The Morgan fingerprint density at radius 2 is 2.20 bits per heavy atom. The predicted octanol–water partition coefficient (Wildman–Crippen LogP) is 3.14. The molecule has 6 nitrogen and oxygen atoms in total. The highest BCUT2D eigenvalue weighted by Crippen LogP contribution is 2.32. The van der Waals surface area contributed by atoms with Crippen LogP contribution in [0.15, 0.2) is 46.4 Å². The zero-order valence-corrected chi connectivity index (χ0v) is 14.6. The molecule has 0 aliphatic carbocycles. The van der Waals surface area contributed by atoms with Gasteiger partial charge in [-0.15, -0.1) is 11.8 Å². The molecule has 1 N–H and O–H groups in total. The van der Waals surface area contributed by atoms with E-state index in [0.717, 1.165) is 22.0 Å². The third-order valence-electron chi connectivity index (χ3n) is 3.93. The van der Waals surface area contributed by atoms with Gasteiger partial charge in [-0.05, 0) is 35.9 Å². The molecule has 0 atom stereocenters. The van der Waals surface area contributed by atoms with E-state index in [9.17, 15) is 9.90 Å². The van der Waals surface area contributed by atoms with Gasteiger partial charge in [-0.25, -0.2) is 0 Å². The molecule has 2 aromatic rings. The molecule has 2 aromatic carbocycles. The zero-order chi connectivity index (χ0) is 17.8. The largest absolute Gasteiger partial charge is 0.507 e. The van der Waals surface area contributed by atoms with Gasteiger partial charge in [0.25, 0.3) is 12.6 Å². The molecular weight excluding hydrogens is 338 g/mol. The minimum Gasteiger partial charge on any atom is -0.507 e. The number of hydrogen-bond donors (Lipinski definition) is 1. The Kier molecular flexibility index (Phi) is 5.07. The van der Waals surface area contributed by atoms with Crippen LogP contribution < -0.4 is 4.74 Å². The summed E-state index contributed by atoms with van der Waals surface area (Å²) in [6, 6.07) is 10.5. The Hall–Kier alpha value is -2.76. The number of carbonyl (C=O) groups excluding carboxylic acids is 1. The molecule has 0 bridgehead atoms. The topological polar surface area (TPSA) is 76.2 Å². The first-order valence-corrected chi connectivity index (χ1v) is 8.69. The minimum absolute atomic E-state index is 0.113. The number of fused-ring (bicyclic) bond motifs is 1. The first kappa shape index (κ1) is 17.1. The summed E-state index contributed by atoms with van der Waals surface area (Å²) in [5.41, 5.74) is 1.74. The number of nitrogens with zero attached hydrogens (tertiary/aromatic N) is 3. The summed E-state index contributed by atoms with van der Waals surface area (Å²) >= 11 is 1.71. The molecule has 0 spiro atoms. The van der Waals surface area contributed by atoms with Crippen molar-refractivity contribution in [1.29, 1.82) is 0 Å². The van der Waals surface area contributed by atoms with Crippen molar-refractivity contribution in [2.75, 3.05) is 19.4 Å². The normalized spacial score (nSPS) is 13.4. The van der Waals surface area contributed by atoms with E-state index in [1.54, 1.807) is 35.9 Å². The first-order valence-electron chi connectivity index (χ1n) is 7.71. The fourth-order valence-corrected chi connectivity index (χ4v) is 3.69. The maximum atomic E-state index is 12.9. The minimum atomic E-state index is -0.216. The highest BCUT2D eigenvalue weighted by Gasteiger charge is 2.23. The molecule has 7 heteroatoms. The van der Waals surface area contributed by atoms with E-state index in [2.05, 4.69) is 16.6 Å². The summed E-state index contributed by atoms with van der Waals surface area (Å²) in [6.07, 6.45) is 0. The zero-order valence-electron chi connectivity index (χ0n) is 13.8. The lowest BCUT2D eigenvalue weighted by molar-refractivity contribution is -0.0631. The summed E-state index contributed by atoms with van der Waals surface area (Å²) in [4.78, 5) is 19.2. The Morgan fingerprint density at radius 3 is 2.92 bits per heavy atom. The van der Waals surface area contributed by atoms with E-state index >= 15 is 0 Å². The van der Waals surface area contributed by atoms with E-state index in [1.165, 1.54) is 6.07 Å². The van der Waals surface area contributed by atoms with Gasteiger partial charge in [0.1, 0.15) is 16.6 Å². The van der Waals surface area contributed by atoms with Crippen LogP contribution in [0.25, 0.3) is 0 Å². The summed E-state index contributed by atoms with van der Waals surface area (Å²) in [6.45, 7) is 4.34. The molecule has 3 rings (SSSR count). The van der Waals surface area contributed by atoms with Gasteiger partial charge in [-0.2, -0.15) is 0 Å². The second-order valence-corrected chi connectivity index (χ2v) is 6.63. The fourth-order valence-electron chi connectivity index (χ4n) is 2.69. The highest BCUT2D eigenvalue weighted by atomic mass is 32.2. The number of hydrogen-bond acceptors (Lipinski definition) is 5. The number of thioether (sulfide) groups is 1. The maximum Gasteiger partial charge on any atom is 0.296 e. The van der Waals surface area contributed by atoms with Gasteiger partial charge in [0.05, 0.1) is 12.7 Å². The third-order valence-corrected chi connectivity index (χ3v) is 5.03. The smallest absolute Gasteiger partial charge is 0.296 e. The Bertz CT molecular complexity index is 863. The fraction of sp³-hybridized carbons (Fsp3) is 0.222. The van der Waals surface area contributed by atoms with Crippen LogP contribution >= 0.6 is 11.8 Å². The van der Waals surface area contributed by atoms with Crippen LogP contribution in [0, 0.1) is 0 Å². The van der Waals surface area contributed by atoms with Gasteiger partial charge in [0.2, 0.25) is 0 Å². The maximum absolute atomic E-state index is 12.9. The molecule has 0 fully saturated rings. The summed E-state index contributed by atoms with van der Waals surface area (Å²) in [5.74, 6) is 1.23. The van der Waals surface area contributed by atoms with Crippen molar-refractivity contribution in [1.82, 2.24) is 4.90 Å². The van der Waals surface area contributed by atoms with E-state index < -0.39 is 0 Å². The van der Waals surface area contributed by atoms with Crippen molar-refractivity contribution in [3.63, 3.8) is 0 Å². The van der Waals surface area contributed by atoms with Crippen molar-refractivity contribution in [3.05, 3.63) is 47.5 Å². The average Bonchev–Trinajstić information content (AvgIpc) is 2.83. The quantitative estimate of drug-likeness (QED) is 0.521. The summed E-state index contributed by atoms with van der Waals surface area (Å²) in [5, 5.41) is 13.9. The van der Waals surface area contributed by atoms with Crippen LogP contribution in [0.5, 0.6) is 11.5 Å². The lowest BCUT2D eigenvalue weighted by Gasteiger charge is -2.21. The molecule has 0 radical (unpaired) electrons. The molecule has 0 saturated carbocycles. The molecule has 1 heterocycles. The second kappa shape index (κ2) is 7.42. The highest BCUT2D eigenvalue weighted by molar-refractivity contribution is 7.99. The number of phenolic OH excluding ortho intramolecular Hbond substituents is 1. The molecule has 25 heavy (non-hydrogen) atoms. The number of rotatable bonds is 3. The number of methoxy groups -OCH3 is 1. The number of benzene rings is 2. The van der Waals surface area contributed by atoms with Crippen LogP contribution in [0.3, 0.4) is 0 Å². The predicted molar refractivity (Wildman–Crippen MR) is 96.0 cm³/mol. The first-order chi connectivity index (χ1) is 12.1. The number of carbonyl (C=O) groups is 1. The number of aromatic hydroxyl groups is 1. The average molecular weight is 356 g/mol. The SMILES string of the molecule is C=[N+]=Nc1ccc(C(=O)N2CCSc3ccc(OC)cc3C2)c(O)c1. The Balaban J connectivity index is 1.88. The number of ether oxygens (including phenoxy) is 1. The molecular formula is C18H18N3O3S+. The second-order valence-electron chi connectivity index (χ2n) is 5.49. The third kappa shape index (κ3) is 3.68. The van der Waals surface area contributed by atoms with Gasteiger partial charge >= 0.3 is 0 Å². The van der Waals surface area contributed by atoms with Crippen LogP contribution in [0.4, 0.5) is 5.69 Å². The van der Waals surface area contributed by atoms with Gasteiger partial charge in [0.15, 0.2) is 5.69 Å². The summed E-state index contributed by atoms with van der Waals surface area (Å²) in [7, 11) is 1.62. The van der Waals surface area contributed by atoms with Crippen molar-refractivity contribution in [2.45, 2.75) is 11.4 Å².